The standard InChI is InChI=1S/C17H26N2O3S/c1-12(2)16-9-14-11-22-18(4)17(14)10-19(16)23(20,21)15-7-5-13(3)6-8-15/h5-8,12,14,16-17H,9-11H2,1-4H3/t14-,16+,17+/m0/s1. The molecule has 2 saturated heterocycles. The monoisotopic (exact) mass is 338 g/mol. The van der Waals surface area contributed by atoms with E-state index < -0.39 is 10.0 Å². The first kappa shape index (κ1) is 16.9. The van der Waals surface area contributed by atoms with Crippen LogP contribution in [0.1, 0.15) is 25.8 Å². The van der Waals surface area contributed by atoms with E-state index in [0.717, 1.165) is 12.0 Å². The third-order valence-electron chi connectivity index (χ3n) is 5.18. The zero-order valence-electron chi connectivity index (χ0n) is 14.3. The van der Waals surface area contributed by atoms with E-state index in [-0.39, 0.29) is 18.0 Å². The Morgan fingerprint density at radius 2 is 1.87 bits per heavy atom. The lowest BCUT2D eigenvalue weighted by atomic mass is 9.85. The van der Waals surface area contributed by atoms with E-state index >= 15 is 0 Å². The Bertz CT molecular complexity index is 657. The third kappa shape index (κ3) is 3.05. The fourth-order valence-electron chi connectivity index (χ4n) is 3.68. The minimum absolute atomic E-state index is 0.0256. The summed E-state index contributed by atoms with van der Waals surface area (Å²) in [5.74, 6) is 0.693. The third-order valence-corrected chi connectivity index (χ3v) is 7.09. The van der Waals surface area contributed by atoms with E-state index in [1.54, 1.807) is 16.4 Å². The highest BCUT2D eigenvalue weighted by molar-refractivity contribution is 7.89. The van der Waals surface area contributed by atoms with Crippen LogP contribution in [0.15, 0.2) is 29.2 Å². The van der Waals surface area contributed by atoms with Crippen molar-refractivity contribution >= 4 is 10.0 Å². The Morgan fingerprint density at radius 3 is 2.48 bits per heavy atom. The number of sulfonamides is 1. The van der Waals surface area contributed by atoms with Crippen LogP contribution in [0.2, 0.25) is 0 Å². The Labute approximate surface area is 139 Å². The lowest BCUT2D eigenvalue weighted by molar-refractivity contribution is -0.112. The first-order chi connectivity index (χ1) is 10.8. The van der Waals surface area contributed by atoms with Crippen LogP contribution in [-0.4, -0.2) is 50.1 Å². The molecule has 0 aromatic heterocycles. The highest BCUT2D eigenvalue weighted by atomic mass is 32.2. The molecule has 0 spiro atoms. The van der Waals surface area contributed by atoms with Crippen molar-refractivity contribution in [3.05, 3.63) is 29.8 Å². The van der Waals surface area contributed by atoms with Gasteiger partial charge >= 0.3 is 0 Å². The number of hydroxylamine groups is 2. The molecule has 2 fully saturated rings. The van der Waals surface area contributed by atoms with Gasteiger partial charge in [0.2, 0.25) is 10.0 Å². The number of nitrogens with zero attached hydrogens (tertiary/aromatic N) is 2. The molecule has 6 heteroatoms. The summed E-state index contributed by atoms with van der Waals surface area (Å²) < 4.78 is 28.1. The first-order valence-electron chi connectivity index (χ1n) is 8.25. The maximum atomic E-state index is 13.2. The lowest BCUT2D eigenvalue weighted by Gasteiger charge is -2.42. The van der Waals surface area contributed by atoms with Gasteiger partial charge < -0.3 is 0 Å². The SMILES string of the molecule is Cc1ccc(S(=O)(=O)N2C[C@@H]3[C@H](CON3C)C[C@@H]2C(C)C)cc1. The molecule has 128 valence electrons. The number of benzene rings is 1. The number of hydrogen-bond acceptors (Lipinski definition) is 4. The highest BCUT2D eigenvalue weighted by Gasteiger charge is 2.47. The normalized spacial score (nSPS) is 29.9. The van der Waals surface area contributed by atoms with Gasteiger partial charge in [-0.25, -0.2) is 8.42 Å². The molecule has 5 nitrogen and oxygen atoms in total. The van der Waals surface area contributed by atoms with Crippen molar-refractivity contribution in [1.82, 2.24) is 9.37 Å². The van der Waals surface area contributed by atoms with Crippen molar-refractivity contribution < 1.29 is 13.3 Å². The molecule has 3 atom stereocenters. The first-order valence-corrected chi connectivity index (χ1v) is 9.69. The summed E-state index contributed by atoms with van der Waals surface area (Å²) in [5.41, 5.74) is 1.06. The van der Waals surface area contributed by atoms with Crippen molar-refractivity contribution in [3.8, 4) is 0 Å². The van der Waals surface area contributed by atoms with E-state index in [1.165, 1.54) is 0 Å². The smallest absolute Gasteiger partial charge is 0.243 e. The zero-order chi connectivity index (χ0) is 16.8. The topological polar surface area (TPSA) is 49.9 Å². The summed E-state index contributed by atoms with van der Waals surface area (Å²) in [6.45, 7) is 7.36. The number of likely N-dealkylation sites (N-methyl/N-ethyl adjacent to an activating group) is 1. The van der Waals surface area contributed by atoms with Crippen LogP contribution in [0.3, 0.4) is 0 Å². The fraction of sp³-hybridized carbons (Fsp3) is 0.647. The van der Waals surface area contributed by atoms with E-state index in [9.17, 15) is 8.42 Å². The molecule has 1 aromatic rings. The van der Waals surface area contributed by atoms with Crippen molar-refractivity contribution in [1.29, 1.82) is 0 Å². The number of hydrogen-bond donors (Lipinski definition) is 0. The molecule has 0 saturated carbocycles. The van der Waals surface area contributed by atoms with Gasteiger partial charge in [-0.3, -0.25) is 4.84 Å². The maximum absolute atomic E-state index is 13.2. The van der Waals surface area contributed by atoms with Gasteiger partial charge in [0.25, 0.3) is 0 Å². The summed E-state index contributed by atoms with van der Waals surface area (Å²) in [7, 11) is -1.58. The molecule has 2 aliphatic rings. The van der Waals surface area contributed by atoms with Gasteiger partial charge in [-0.05, 0) is 31.4 Å². The van der Waals surface area contributed by atoms with E-state index in [0.29, 0.717) is 24.0 Å². The molecule has 23 heavy (non-hydrogen) atoms. The number of rotatable bonds is 3. The molecule has 0 unspecified atom stereocenters. The Balaban J connectivity index is 1.95. The van der Waals surface area contributed by atoms with Gasteiger partial charge in [0.15, 0.2) is 0 Å². The molecule has 0 amide bonds. The summed E-state index contributed by atoms with van der Waals surface area (Å²) in [6.07, 6.45) is 0.859. The molecule has 1 aromatic carbocycles. The Kier molecular flexibility index (Phi) is 4.53. The van der Waals surface area contributed by atoms with Gasteiger partial charge in [0.05, 0.1) is 17.5 Å². The summed E-state index contributed by atoms with van der Waals surface area (Å²) in [5, 5.41) is 1.83. The van der Waals surface area contributed by atoms with E-state index in [2.05, 4.69) is 13.8 Å². The van der Waals surface area contributed by atoms with Crippen LogP contribution >= 0.6 is 0 Å². The van der Waals surface area contributed by atoms with Crippen molar-refractivity contribution in [2.45, 2.75) is 44.2 Å². The predicted octanol–water partition coefficient (Wildman–Crippen LogP) is 2.28. The zero-order valence-corrected chi connectivity index (χ0v) is 15.1. The van der Waals surface area contributed by atoms with Crippen molar-refractivity contribution in [2.24, 2.45) is 11.8 Å². The van der Waals surface area contributed by atoms with Crippen LogP contribution in [0, 0.1) is 18.8 Å². The van der Waals surface area contributed by atoms with Crippen molar-refractivity contribution in [2.75, 3.05) is 20.2 Å². The van der Waals surface area contributed by atoms with Gasteiger partial charge in [0.1, 0.15) is 0 Å². The molecule has 2 aliphatic heterocycles. The molecule has 0 radical (unpaired) electrons. The second-order valence-electron chi connectivity index (χ2n) is 7.10. The van der Waals surface area contributed by atoms with Gasteiger partial charge in [-0.15, -0.1) is 0 Å². The second kappa shape index (κ2) is 6.16. The minimum Gasteiger partial charge on any atom is -0.299 e. The number of piperidine rings is 1. The van der Waals surface area contributed by atoms with Gasteiger partial charge in [0, 0.05) is 25.6 Å². The van der Waals surface area contributed by atoms with Crippen LogP contribution in [0.5, 0.6) is 0 Å². The van der Waals surface area contributed by atoms with Crippen molar-refractivity contribution in [3.63, 3.8) is 0 Å². The summed E-state index contributed by atoms with van der Waals surface area (Å²) in [6, 6.07) is 7.30. The van der Waals surface area contributed by atoms with Gasteiger partial charge in [-0.2, -0.15) is 9.37 Å². The average Bonchev–Trinajstić information content (AvgIpc) is 2.87. The van der Waals surface area contributed by atoms with Crippen LogP contribution in [0.4, 0.5) is 0 Å². The average molecular weight is 338 g/mol. The van der Waals surface area contributed by atoms with Crippen LogP contribution in [-0.2, 0) is 14.9 Å². The molecule has 3 rings (SSSR count). The van der Waals surface area contributed by atoms with E-state index in [4.69, 9.17) is 4.84 Å². The highest BCUT2D eigenvalue weighted by Crippen LogP contribution is 2.37. The van der Waals surface area contributed by atoms with Gasteiger partial charge in [-0.1, -0.05) is 31.5 Å². The van der Waals surface area contributed by atoms with E-state index in [1.807, 2.05) is 31.2 Å². The van der Waals surface area contributed by atoms with Crippen LogP contribution < -0.4 is 0 Å². The quantitative estimate of drug-likeness (QED) is 0.848. The predicted molar refractivity (Wildman–Crippen MR) is 89.3 cm³/mol. The Hall–Kier alpha value is -0.950. The second-order valence-corrected chi connectivity index (χ2v) is 8.99. The minimum atomic E-state index is -3.48. The lowest BCUT2D eigenvalue weighted by Crippen LogP contribution is -2.55. The largest absolute Gasteiger partial charge is 0.299 e. The Morgan fingerprint density at radius 1 is 1.22 bits per heavy atom. The summed E-state index contributed by atoms with van der Waals surface area (Å²) in [4.78, 5) is 6.01. The fourth-order valence-corrected chi connectivity index (χ4v) is 5.47. The molecule has 2 heterocycles. The molecular formula is C17H26N2O3S. The molecule has 0 aliphatic carbocycles. The summed E-state index contributed by atoms with van der Waals surface area (Å²) >= 11 is 0. The molecular weight excluding hydrogens is 312 g/mol. The number of fused-ring (bicyclic) bond motifs is 1. The maximum Gasteiger partial charge on any atom is 0.243 e. The number of aryl methyl sites for hydroxylation is 1. The molecule has 0 N–H and O–H groups in total. The molecule has 0 bridgehead atoms. The van der Waals surface area contributed by atoms with Crippen LogP contribution in [0.25, 0.3) is 0 Å².